The van der Waals surface area contributed by atoms with Gasteiger partial charge in [0.2, 0.25) is 0 Å². The van der Waals surface area contributed by atoms with Gasteiger partial charge >= 0.3 is 0 Å². The van der Waals surface area contributed by atoms with Crippen molar-refractivity contribution in [2.24, 2.45) is 5.92 Å². The third-order valence-corrected chi connectivity index (χ3v) is 3.46. The molecule has 1 atom stereocenters. The van der Waals surface area contributed by atoms with Gasteiger partial charge in [-0.25, -0.2) is 0 Å². The molecule has 0 aliphatic rings. The predicted molar refractivity (Wildman–Crippen MR) is 75.1 cm³/mol. The van der Waals surface area contributed by atoms with Crippen LogP contribution in [0, 0.1) is 29.6 Å². The topological polar surface area (TPSA) is 42.2 Å². The zero-order valence-corrected chi connectivity index (χ0v) is 11.9. The SMILES string of the molecule is C#CCC(C#N)(c1ccc(OC)c(OC)c1)C(C)C. The van der Waals surface area contributed by atoms with Gasteiger partial charge in [-0.3, -0.25) is 0 Å². The van der Waals surface area contributed by atoms with Crippen LogP contribution in [0.5, 0.6) is 11.5 Å². The van der Waals surface area contributed by atoms with Gasteiger partial charge in [0.25, 0.3) is 0 Å². The first-order valence-electron chi connectivity index (χ1n) is 6.13. The van der Waals surface area contributed by atoms with Crippen molar-refractivity contribution in [1.82, 2.24) is 0 Å². The van der Waals surface area contributed by atoms with E-state index in [2.05, 4.69) is 12.0 Å². The Hall–Kier alpha value is -2.13. The Labute approximate surface area is 115 Å². The van der Waals surface area contributed by atoms with Gasteiger partial charge in [0, 0.05) is 6.42 Å². The Bertz CT molecular complexity index is 523. The minimum absolute atomic E-state index is 0.103. The molecule has 0 saturated carbocycles. The molecule has 0 aromatic heterocycles. The highest BCUT2D eigenvalue weighted by molar-refractivity contribution is 5.47. The fourth-order valence-corrected chi connectivity index (χ4v) is 2.15. The van der Waals surface area contributed by atoms with Crippen LogP contribution in [0.2, 0.25) is 0 Å². The molecule has 0 heterocycles. The number of rotatable bonds is 5. The normalized spacial score (nSPS) is 13.2. The molecule has 100 valence electrons. The maximum Gasteiger partial charge on any atom is 0.161 e. The average Bonchev–Trinajstić information content (AvgIpc) is 2.43. The van der Waals surface area contributed by atoms with Crippen molar-refractivity contribution in [2.75, 3.05) is 14.2 Å². The molecule has 0 N–H and O–H groups in total. The summed E-state index contributed by atoms with van der Waals surface area (Å²) < 4.78 is 10.5. The van der Waals surface area contributed by atoms with Gasteiger partial charge in [-0.15, -0.1) is 12.3 Å². The Morgan fingerprint density at radius 2 is 1.89 bits per heavy atom. The fraction of sp³-hybridized carbons (Fsp3) is 0.438. The van der Waals surface area contributed by atoms with Crippen molar-refractivity contribution in [3.8, 4) is 29.9 Å². The lowest BCUT2D eigenvalue weighted by atomic mass is 9.70. The molecule has 1 aromatic carbocycles. The van der Waals surface area contributed by atoms with Crippen LogP contribution in [0.4, 0.5) is 0 Å². The minimum atomic E-state index is -0.700. The van der Waals surface area contributed by atoms with Crippen LogP contribution in [-0.2, 0) is 5.41 Å². The quantitative estimate of drug-likeness (QED) is 0.761. The average molecular weight is 257 g/mol. The molecule has 0 aliphatic carbocycles. The molecule has 1 rings (SSSR count). The summed E-state index contributed by atoms with van der Waals surface area (Å²) in [5.41, 5.74) is 0.162. The lowest BCUT2D eigenvalue weighted by Gasteiger charge is -2.29. The van der Waals surface area contributed by atoms with E-state index in [9.17, 15) is 5.26 Å². The van der Waals surface area contributed by atoms with Crippen LogP contribution < -0.4 is 9.47 Å². The highest BCUT2D eigenvalue weighted by Crippen LogP contribution is 2.39. The molecule has 0 spiro atoms. The number of terminal acetylenes is 1. The molecule has 1 aromatic rings. The van der Waals surface area contributed by atoms with Crippen LogP contribution in [0.1, 0.15) is 25.8 Å². The van der Waals surface area contributed by atoms with Crippen molar-refractivity contribution in [1.29, 1.82) is 5.26 Å². The van der Waals surface area contributed by atoms with Crippen LogP contribution in [-0.4, -0.2) is 14.2 Å². The zero-order valence-electron chi connectivity index (χ0n) is 11.9. The van der Waals surface area contributed by atoms with Crippen LogP contribution in [0.15, 0.2) is 18.2 Å². The van der Waals surface area contributed by atoms with Crippen molar-refractivity contribution < 1.29 is 9.47 Å². The summed E-state index contributed by atoms with van der Waals surface area (Å²) in [4.78, 5) is 0. The van der Waals surface area contributed by atoms with Crippen molar-refractivity contribution in [3.63, 3.8) is 0 Å². The number of nitriles is 1. The zero-order chi connectivity index (χ0) is 14.5. The summed E-state index contributed by atoms with van der Waals surface area (Å²) in [5, 5.41) is 9.60. The molecule has 3 heteroatoms. The van der Waals surface area contributed by atoms with Gasteiger partial charge in [-0.1, -0.05) is 19.9 Å². The van der Waals surface area contributed by atoms with Crippen LogP contribution >= 0.6 is 0 Å². The second kappa shape index (κ2) is 6.16. The summed E-state index contributed by atoms with van der Waals surface area (Å²) in [6, 6.07) is 7.90. The molecular formula is C16H19NO2. The van der Waals surface area contributed by atoms with E-state index in [4.69, 9.17) is 15.9 Å². The van der Waals surface area contributed by atoms with Gasteiger partial charge in [0.1, 0.15) is 0 Å². The first-order chi connectivity index (χ1) is 9.05. The lowest BCUT2D eigenvalue weighted by Crippen LogP contribution is -2.30. The second-order valence-corrected chi connectivity index (χ2v) is 4.69. The first kappa shape index (κ1) is 14.9. The van der Waals surface area contributed by atoms with E-state index in [-0.39, 0.29) is 5.92 Å². The van der Waals surface area contributed by atoms with Gasteiger partial charge in [-0.2, -0.15) is 5.26 Å². The van der Waals surface area contributed by atoms with E-state index in [1.807, 2.05) is 26.0 Å². The van der Waals surface area contributed by atoms with E-state index >= 15 is 0 Å². The van der Waals surface area contributed by atoms with Gasteiger partial charge in [0.15, 0.2) is 11.5 Å². The summed E-state index contributed by atoms with van der Waals surface area (Å²) in [6.07, 6.45) is 5.81. The molecule has 0 radical (unpaired) electrons. The summed E-state index contributed by atoms with van der Waals surface area (Å²) >= 11 is 0. The maximum atomic E-state index is 9.60. The molecule has 0 bridgehead atoms. The van der Waals surface area contributed by atoms with Crippen LogP contribution in [0.3, 0.4) is 0 Å². The van der Waals surface area contributed by atoms with Gasteiger partial charge in [-0.05, 0) is 23.6 Å². The molecule has 0 saturated heterocycles. The van der Waals surface area contributed by atoms with E-state index in [0.29, 0.717) is 17.9 Å². The Morgan fingerprint density at radius 1 is 1.26 bits per heavy atom. The molecule has 0 fully saturated rings. The lowest BCUT2D eigenvalue weighted by molar-refractivity contribution is 0.350. The van der Waals surface area contributed by atoms with E-state index < -0.39 is 5.41 Å². The number of hydrogen-bond acceptors (Lipinski definition) is 3. The molecule has 0 aliphatic heterocycles. The number of ether oxygens (including phenoxy) is 2. The monoisotopic (exact) mass is 257 g/mol. The molecule has 1 unspecified atom stereocenters. The molecule has 19 heavy (non-hydrogen) atoms. The molecular weight excluding hydrogens is 238 g/mol. The summed E-state index contributed by atoms with van der Waals surface area (Å²) in [6.45, 7) is 3.99. The molecule has 0 amide bonds. The Morgan fingerprint density at radius 3 is 2.32 bits per heavy atom. The number of hydrogen-bond donors (Lipinski definition) is 0. The van der Waals surface area contributed by atoms with Crippen molar-refractivity contribution >= 4 is 0 Å². The highest BCUT2D eigenvalue weighted by Gasteiger charge is 2.36. The second-order valence-electron chi connectivity index (χ2n) is 4.69. The maximum absolute atomic E-state index is 9.60. The van der Waals surface area contributed by atoms with E-state index in [0.717, 1.165) is 5.56 Å². The largest absolute Gasteiger partial charge is 0.493 e. The number of methoxy groups -OCH3 is 2. The first-order valence-corrected chi connectivity index (χ1v) is 6.13. The third kappa shape index (κ3) is 2.66. The Kier molecular flexibility index (Phi) is 4.84. The number of benzene rings is 1. The Balaban J connectivity index is 3.41. The van der Waals surface area contributed by atoms with E-state index in [1.165, 1.54) is 0 Å². The van der Waals surface area contributed by atoms with Gasteiger partial charge in [0.05, 0.1) is 25.7 Å². The summed E-state index contributed by atoms with van der Waals surface area (Å²) in [7, 11) is 3.16. The smallest absolute Gasteiger partial charge is 0.161 e. The van der Waals surface area contributed by atoms with E-state index in [1.54, 1.807) is 20.3 Å². The number of nitrogens with zero attached hydrogens (tertiary/aromatic N) is 1. The minimum Gasteiger partial charge on any atom is -0.493 e. The standard InChI is InChI=1S/C16H19NO2/c1-6-9-16(11-17,12(2)3)13-7-8-14(18-4)15(10-13)19-5/h1,7-8,10,12H,9H2,2-5H3. The van der Waals surface area contributed by atoms with Crippen LogP contribution in [0.25, 0.3) is 0 Å². The third-order valence-electron chi connectivity index (χ3n) is 3.46. The fourth-order valence-electron chi connectivity index (χ4n) is 2.15. The predicted octanol–water partition coefficient (Wildman–Crippen LogP) is 3.14. The van der Waals surface area contributed by atoms with Crippen molar-refractivity contribution in [3.05, 3.63) is 23.8 Å². The van der Waals surface area contributed by atoms with Crippen molar-refractivity contribution in [2.45, 2.75) is 25.7 Å². The highest BCUT2D eigenvalue weighted by atomic mass is 16.5. The van der Waals surface area contributed by atoms with Gasteiger partial charge < -0.3 is 9.47 Å². The molecule has 3 nitrogen and oxygen atoms in total. The summed E-state index contributed by atoms with van der Waals surface area (Å²) in [5.74, 6) is 3.96.